The molecule has 2 heterocycles. The predicted molar refractivity (Wildman–Crippen MR) is 122 cm³/mol. The maximum atomic E-state index is 15.2. The summed E-state index contributed by atoms with van der Waals surface area (Å²) >= 11 is 0. The first kappa shape index (κ1) is 27.0. The molecule has 2 aromatic carbocycles. The highest BCUT2D eigenvalue weighted by molar-refractivity contribution is 5.66. The molecule has 8 N–H and O–H groups in total. The zero-order chi connectivity index (χ0) is 26.3. The lowest BCUT2D eigenvalue weighted by atomic mass is 9.87. The van der Waals surface area contributed by atoms with Gasteiger partial charge in [-0.05, 0) is 35.2 Å². The van der Waals surface area contributed by atoms with Crippen molar-refractivity contribution in [2.24, 2.45) is 0 Å². The van der Waals surface area contributed by atoms with Gasteiger partial charge in [-0.2, -0.15) is 0 Å². The average molecular weight is 511 g/mol. The molecule has 4 rings (SSSR count). The van der Waals surface area contributed by atoms with Crippen molar-refractivity contribution in [3.63, 3.8) is 0 Å². The van der Waals surface area contributed by atoms with Crippen molar-refractivity contribution in [2.45, 2.75) is 68.0 Å². The Labute approximate surface area is 206 Å². The normalized spacial score (nSPS) is 37.2. The average Bonchev–Trinajstić information content (AvgIpc) is 2.86. The van der Waals surface area contributed by atoms with Gasteiger partial charge in [0, 0.05) is 5.56 Å². The van der Waals surface area contributed by atoms with E-state index in [0.29, 0.717) is 16.7 Å². The molecule has 198 valence electrons. The van der Waals surface area contributed by atoms with Crippen LogP contribution in [0.1, 0.15) is 28.9 Å². The van der Waals surface area contributed by atoms with Gasteiger partial charge in [0.1, 0.15) is 66.9 Å². The summed E-state index contributed by atoms with van der Waals surface area (Å²) in [4.78, 5) is 0. The number of rotatable bonds is 5. The fourth-order valence-electron chi connectivity index (χ4n) is 4.84. The van der Waals surface area contributed by atoms with Crippen molar-refractivity contribution < 1.29 is 54.7 Å². The van der Waals surface area contributed by atoms with E-state index in [9.17, 15) is 40.9 Å². The van der Waals surface area contributed by atoms with Gasteiger partial charge in [0.15, 0.2) is 0 Å². The van der Waals surface area contributed by atoms with Gasteiger partial charge in [0.2, 0.25) is 0 Å². The van der Waals surface area contributed by atoms with E-state index < -0.39 is 80.1 Å². The molecule has 0 bridgehead atoms. The predicted octanol–water partition coefficient (Wildman–Crippen LogP) is -1.17. The van der Waals surface area contributed by atoms with Crippen LogP contribution in [-0.4, -0.2) is 103 Å². The molecule has 2 aliphatic rings. The van der Waals surface area contributed by atoms with Gasteiger partial charge in [0.05, 0.1) is 13.2 Å². The molecule has 10 nitrogen and oxygen atoms in total. The Morgan fingerprint density at radius 1 is 0.694 bits per heavy atom. The molecule has 0 aromatic heterocycles. The smallest absolute Gasteiger partial charge is 0.131 e. The molecule has 2 fully saturated rings. The Hall–Kier alpha value is -2.03. The summed E-state index contributed by atoms with van der Waals surface area (Å²) in [7, 11) is 0. The zero-order valence-corrected chi connectivity index (χ0v) is 19.4. The van der Waals surface area contributed by atoms with Crippen molar-refractivity contribution in [3.8, 4) is 11.1 Å². The monoisotopic (exact) mass is 510 g/mol. The summed E-state index contributed by atoms with van der Waals surface area (Å²) in [6, 6.07) is 8.96. The minimum atomic E-state index is -1.58. The third kappa shape index (κ3) is 4.79. The minimum Gasteiger partial charge on any atom is -0.394 e. The van der Waals surface area contributed by atoms with Crippen LogP contribution in [0.3, 0.4) is 0 Å². The number of aryl methyl sites for hydroxylation is 1. The standard InChI is InChI=1S/C25H31FO10/c1-10-6-11(2-4-13(10)25-23(34)21(32)19(30)17(9-28)36-25)14-5-3-12(7-15(14)26)24-22(33)20(31)18(29)16(8-27)35-24/h2-7,16-25,27-34H,8-9H2,1H3/t16-,17-,18-,19-,20?,21+,22+,23+,24-,25-/m1/s1. The van der Waals surface area contributed by atoms with E-state index in [4.69, 9.17) is 9.47 Å². The van der Waals surface area contributed by atoms with Crippen LogP contribution in [0, 0.1) is 12.7 Å². The van der Waals surface area contributed by atoms with Crippen LogP contribution >= 0.6 is 0 Å². The molecular formula is C25H31FO10. The molecule has 2 aliphatic heterocycles. The van der Waals surface area contributed by atoms with Gasteiger partial charge >= 0.3 is 0 Å². The van der Waals surface area contributed by atoms with Crippen molar-refractivity contribution in [3.05, 3.63) is 58.9 Å². The van der Waals surface area contributed by atoms with E-state index in [1.54, 1.807) is 25.1 Å². The SMILES string of the molecule is Cc1cc(-c2ccc([C@H]3O[C@H](CO)[C@@H](O)C(O)[C@@H]3O)cc2F)ccc1[C@H]1O[C@H](CO)[C@@H](O)[C@H](O)[C@@H]1O. The summed E-state index contributed by atoms with van der Waals surface area (Å²) in [6.07, 6.45) is -13.4. The molecule has 11 heteroatoms. The van der Waals surface area contributed by atoms with E-state index in [2.05, 4.69) is 0 Å². The van der Waals surface area contributed by atoms with Gasteiger partial charge < -0.3 is 50.3 Å². The van der Waals surface area contributed by atoms with Gasteiger partial charge in [0.25, 0.3) is 0 Å². The Morgan fingerprint density at radius 2 is 1.25 bits per heavy atom. The van der Waals surface area contributed by atoms with Crippen LogP contribution in [0.2, 0.25) is 0 Å². The highest BCUT2D eigenvalue weighted by atomic mass is 19.1. The highest BCUT2D eigenvalue weighted by Gasteiger charge is 2.45. The number of hydrogen-bond acceptors (Lipinski definition) is 10. The Bertz CT molecular complexity index is 1060. The Kier molecular flexibility index (Phi) is 8.07. The van der Waals surface area contributed by atoms with E-state index in [1.807, 2.05) is 0 Å². The second kappa shape index (κ2) is 10.8. The second-order valence-electron chi connectivity index (χ2n) is 9.31. The number of benzene rings is 2. The molecular weight excluding hydrogens is 479 g/mol. The van der Waals surface area contributed by atoms with Gasteiger partial charge in [-0.25, -0.2) is 4.39 Å². The molecule has 0 spiro atoms. The van der Waals surface area contributed by atoms with Crippen molar-refractivity contribution in [1.29, 1.82) is 0 Å². The summed E-state index contributed by atoms with van der Waals surface area (Å²) < 4.78 is 26.3. The summed E-state index contributed by atoms with van der Waals surface area (Å²) in [5.74, 6) is -0.649. The maximum Gasteiger partial charge on any atom is 0.131 e. The number of hydrogen-bond donors (Lipinski definition) is 8. The van der Waals surface area contributed by atoms with Crippen molar-refractivity contribution in [2.75, 3.05) is 13.2 Å². The number of aliphatic hydroxyl groups is 8. The number of ether oxygens (including phenoxy) is 2. The lowest BCUT2D eigenvalue weighted by Crippen LogP contribution is -2.55. The molecule has 36 heavy (non-hydrogen) atoms. The first-order valence-corrected chi connectivity index (χ1v) is 11.6. The second-order valence-corrected chi connectivity index (χ2v) is 9.31. The van der Waals surface area contributed by atoms with Crippen LogP contribution in [0.5, 0.6) is 0 Å². The number of halogens is 1. The molecule has 0 radical (unpaired) electrons. The lowest BCUT2D eigenvalue weighted by molar-refractivity contribution is -0.231. The summed E-state index contributed by atoms with van der Waals surface area (Å²) in [5, 5.41) is 79.6. The van der Waals surface area contributed by atoms with Crippen LogP contribution < -0.4 is 0 Å². The lowest BCUT2D eigenvalue weighted by Gasteiger charge is -2.40. The molecule has 2 aromatic rings. The fraction of sp³-hybridized carbons (Fsp3) is 0.520. The van der Waals surface area contributed by atoms with Crippen LogP contribution in [0.4, 0.5) is 4.39 Å². The third-order valence-electron chi connectivity index (χ3n) is 6.99. The van der Waals surface area contributed by atoms with E-state index in [0.717, 1.165) is 6.07 Å². The van der Waals surface area contributed by atoms with Gasteiger partial charge in [-0.15, -0.1) is 0 Å². The van der Waals surface area contributed by atoms with Crippen LogP contribution in [0.15, 0.2) is 36.4 Å². The van der Waals surface area contributed by atoms with E-state index >= 15 is 4.39 Å². The van der Waals surface area contributed by atoms with Gasteiger partial charge in [-0.3, -0.25) is 0 Å². The van der Waals surface area contributed by atoms with Crippen LogP contribution in [-0.2, 0) is 9.47 Å². The van der Waals surface area contributed by atoms with E-state index in [1.165, 1.54) is 12.1 Å². The molecule has 0 saturated carbocycles. The summed E-state index contributed by atoms with van der Waals surface area (Å²) in [5.41, 5.74) is 2.01. The Morgan fingerprint density at radius 3 is 1.78 bits per heavy atom. The highest BCUT2D eigenvalue weighted by Crippen LogP contribution is 2.37. The van der Waals surface area contributed by atoms with Gasteiger partial charge in [-0.1, -0.05) is 30.3 Å². The number of aliphatic hydroxyl groups excluding tert-OH is 8. The van der Waals surface area contributed by atoms with Crippen molar-refractivity contribution >= 4 is 0 Å². The first-order chi connectivity index (χ1) is 17.1. The fourth-order valence-corrected chi connectivity index (χ4v) is 4.84. The quantitative estimate of drug-likeness (QED) is 0.244. The molecule has 2 saturated heterocycles. The maximum absolute atomic E-state index is 15.2. The molecule has 0 aliphatic carbocycles. The Balaban J connectivity index is 1.59. The minimum absolute atomic E-state index is 0.211. The zero-order valence-electron chi connectivity index (χ0n) is 19.4. The third-order valence-corrected chi connectivity index (χ3v) is 6.99. The molecule has 1 unspecified atom stereocenters. The van der Waals surface area contributed by atoms with Crippen LogP contribution in [0.25, 0.3) is 11.1 Å². The molecule has 10 atom stereocenters. The summed E-state index contributed by atoms with van der Waals surface area (Å²) in [6.45, 7) is 0.563. The topological polar surface area (TPSA) is 180 Å². The largest absolute Gasteiger partial charge is 0.394 e. The van der Waals surface area contributed by atoms with E-state index in [-0.39, 0.29) is 11.1 Å². The van der Waals surface area contributed by atoms with Crippen molar-refractivity contribution in [1.82, 2.24) is 0 Å². The first-order valence-electron chi connectivity index (χ1n) is 11.6. The molecule has 0 amide bonds.